The molecule has 0 saturated heterocycles. The molecule has 144 valence electrons. The molecule has 1 spiro atoms. The number of para-hydroxylation sites is 1. The highest BCUT2D eigenvalue weighted by atomic mass is 35.5. The third kappa shape index (κ3) is 2.33. The molecule has 0 fully saturated rings. The van der Waals surface area contributed by atoms with Gasteiger partial charge in [0.2, 0.25) is 5.72 Å². The van der Waals surface area contributed by atoms with Crippen LogP contribution >= 0.6 is 11.6 Å². The van der Waals surface area contributed by atoms with Gasteiger partial charge in [0.15, 0.2) is 5.75 Å². The van der Waals surface area contributed by atoms with Crippen LogP contribution in [0.3, 0.4) is 0 Å². The van der Waals surface area contributed by atoms with Gasteiger partial charge in [-0.15, -0.1) is 0 Å². The molecule has 1 atom stereocenters. The highest BCUT2D eigenvalue weighted by Gasteiger charge is 2.59. The van der Waals surface area contributed by atoms with E-state index in [-0.39, 0.29) is 0 Å². The van der Waals surface area contributed by atoms with E-state index in [2.05, 4.69) is 41.9 Å². The summed E-state index contributed by atoms with van der Waals surface area (Å²) in [7, 11) is 0. The second kappa shape index (κ2) is 6.20. The predicted octanol–water partition coefficient (Wildman–Crippen LogP) is 5.39. The molecule has 5 nitrogen and oxygen atoms in total. The lowest BCUT2D eigenvalue weighted by molar-refractivity contribution is 0.0795. The maximum absolute atomic E-state index is 9.25. The molecule has 0 N–H and O–H groups in total. The van der Waals surface area contributed by atoms with Gasteiger partial charge in [-0.25, -0.2) is 4.99 Å². The van der Waals surface area contributed by atoms with E-state index in [4.69, 9.17) is 21.3 Å². The lowest BCUT2D eigenvalue weighted by Crippen LogP contribution is -2.62. The Balaban J connectivity index is 1.76. The van der Waals surface area contributed by atoms with Crippen molar-refractivity contribution >= 4 is 40.1 Å². The van der Waals surface area contributed by atoms with E-state index >= 15 is 0 Å². The number of aromatic nitrogens is 1. The van der Waals surface area contributed by atoms with Crippen LogP contribution in [0.1, 0.15) is 25.8 Å². The summed E-state index contributed by atoms with van der Waals surface area (Å²) in [6, 6.07) is 16.2. The third-order valence-corrected chi connectivity index (χ3v) is 6.30. The number of halogens is 1. The minimum Gasteiger partial charge on any atom is -0.457 e. The van der Waals surface area contributed by atoms with Gasteiger partial charge in [0.05, 0.1) is 29.1 Å². The number of rotatable bonds is 2. The van der Waals surface area contributed by atoms with Crippen molar-refractivity contribution in [1.29, 1.82) is 5.26 Å². The number of pyridine rings is 1. The van der Waals surface area contributed by atoms with E-state index in [9.17, 15) is 5.26 Å². The van der Waals surface area contributed by atoms with Crippen LogP contribution in [0.25, 0.3) is 10.9 Å². The van der Waals surface area contributed by atoms with Crippen LogP contribution in [0.4, 0.5) is 11.4 Å². The van der Waals surface area contributed by atoms with Crippen molar-refractivity contribution < 1.29 is 4.74 Å². The number of nitriles is 1. The van der Waals surface area contributed by atoms with E-state index in [0.717, 1.165) is 22.2 Å². The molecule has 0 bridgehead atoms. The summed E-state index contributed by atoms with van der Waals surface area (Å²) in [5.74, 6) is 0.582. The van der Waals surface area contributed by atoms with Crippen LogP contribution in [0.5, 0.6) is 5.75 Å². The predicted molar refractivity (Wildman–Crippen MR) is 115 cm³/mol. The largest absolute Gasteiger partial charge is 0.457 e. The van der Waals surface area contributed by atoms with Crippen LogP contribution in [-0.2, 0) is 5.41 Å². The van der Waals surface area contributed by atoms with Crippen molar-refractivity contribution in [2.45, 2.75) is 31.4 Å². The number of hydrogen-bond acceptors (Lipinski definition) is 5. The van der Waals surface area contributed by atoms with Crippen molar-refractivity contribution in [2.24, 2.45) is 4.99 Å². The Morgan fingerprint density at radius 3 is 2.86 bits per heavy atom. The number of benzene rings is 2. The fourth-order valence-corrected chi connectivity index (χ4v) is 4.76. The Hall–Kier alpha value is -3.10. The lowest BCUT2D eigenvalue weighted by Gasteiger charge is -2.46. The van der Waals surface area contributed by atoms with Crippen molar-refractivity contribution in [3.8, 4) is 11.8 Å². The second-order valence-electron chi connectivity index (χ2n) is 7.87. The molecule has 3 heterocycles. The van der Waals surface area contributed by atoms with E-state index in [1.807, 2.05) is 36.5 Å². The first-order valence-corrected chi connectivity index (χ1v) is 9.93. The Morgan fingerprint density at radius 1 is 1.21 bits per heavy atom. The fraction of sp³-hybridized carbons (Fsp3) is 0.261. The van der Waals surface area contributed by atoms with Crippen LogP contribution in [0, 0.1) is 11.3 Å². The first kappa shape index (κ1) is 18.0. The van der Waals surface area contributed by atoms with Crippen LogP contribution < -0.4 is 9.64 Å². The highest BCUT2D eigenvalue weighted by Crippen LogP contribution is 2.55. The molecule has 0 amide bonds. The summed E-state index contributed by atoms with van der Waals surface area (Å²) in [4.78, 5) is 11.5. The number of hydrogen-bond donors (Lipinski definition) is 0. The van der Waals surface area contributed by atoms with E-state index in [0.29, 0.717) is 29.4 Å². The van der Waals surface area contributed by atoms with Crippen molar-refractivity contribution in [3.63, 3.8) is 0 Å². The SMILES string of the molecule is CC1(C)c2ccccc2N(CCC#N)C12C=Nc1c(Cl)cc3cccnc3c1O2. The van der Waals surface area contributed by atoms with Crippen molar-refractivity contribution in [3.05, 3.63) is 59.2 Å². The van der Waals surface area contributed by atoms with E-state index < -0.39 is 11.1 Å². The monoisotopic (exact) mass is 402 g/mol. The molecule has 0 radical (unpaired) electrons. The van der Waals surface area contributed by atoms with Crippen molar-refractivity contribution in [1.82, 2.24) is 4.98 Å². The molecular weight excluding hydrogens is 384 g/mol. The summed E-state index contributed by atoms with van der Waals surface area (Å²) in [6.07, 6.45) is 3.96. The number of nitrogens with zero attached hydrogens (tertiary/aromatic N) is 4. The third-order valence-electron chi connectivity index (χ3n) is 6.02. The summed E-state index contributed by atoms with van der Waals surface area (Å²) in [5, 5.41) is 10.7. The zero-order valence-electron chi connectivity index (χ0n) is 16.2. The van der Waals surface area contributed by atoms with Crippen LogP contribution in [0.15, 0.2) is 53.7 Å². The zero-order chi connectivity index (χ0) is 20.2. The summed E-state index contributed by atoms with van der Waals surface area (Å²) in [6.45, 7) is 4.83. The summed E-state index contributed by atoms with van der Waals surface area (Å²) >= 11 is 6.52. The topological polar surface area (TPSA) is 61.5 Å². The second-order valence-corrected chi connectivity index (χ2v) is 8.28. The maximum Gasteiger partial charge on any atom is 0.229 e. The zero-order valence-corrected chi connectivity index (χ0v) is 16.9. The van der Waals surface area contributed by atoms with Gasteiger partial charge in [0.1, 0.15) is 11.2 Å². The number of aliphatic imine (C=N–C) groups is 1. The minimum atomic E-state index is -0.879. The van der Waals surface area contributed by atoms with Gasteiger partial charge in [-0.2, -0.15) is 5.26 Å². The highest BCUT2D eigenvalue weighted by molar-refractivity contribution is 6.34. The molecule has 2 aromatic carbocycles. The molecule has 2 aliphatic rings. The van der Waals surface area contributed by atoms with E-state index in [1.165, 1.54) is 0 Å². The molecule has 6 heteroatoms. The maximum atomic E-state index is 9.25. The first-order chi connectivity index (χ1) is 14.0. The molecule has 0 saturated carbocycles. The molecule has 0 aliphatic carbocycles. The van der Waals surface area contributed by atoms with Gasteiger partial charge in [0, 0.05) is 23.8 Å². The summed E-state index contributed by atoms with van der Waals surface area (Å²) in [5.41, 5.74) is 2.25. The Morgan fingerprint density at radius 2 is 2.03 bits per heavy atom. The molecule has 3 aromatic rings. The van der Waals surface area contributed by atoms with E-state index in [1.54, 1.807) is 6.20 Å². The minimum absolute atomic E-state index is 0.380. The molecule has 2 aliphatic heterocycles. The molecule has 5 rings (SSSR count). The van der Waals surface area contributed by atoms with Gasteiger partial charge < -0.3 is 9.64 Å². The molecule has 1 unspecified atom stereocenters. The smallest absolute Gasteiger partial charge is 0.229 e. The van der Waals surface area contributed by atoms with Gasteiger partial charge in [-0.1, -0.05) is 35.9 Å². The molecular formula is C23H19ClN4O. The van der Waals surface area contributed by atoms with Gasteiger partial charge >= 0.3 is 0 Å². The van der Waals surface area contributed by atoms with Crippen LogP contribution in [-0.4, -0.2) is 23.5 Å². The average molecular weight is 403 g/mol. The number of anilines is 1. The molecule has 29 heavy (non-hydrogen) atoms. The first-order valence-electron chi connectivity index (χ1n) is 9.55. The van der Waals surface area contributed by atoms with Crippen LogP contribution in [0.2, 0.25) is 5.02 Å². The summed E-state index contributed by atoms with van der Waals surface area (Å²) < 4.78 is 6.80. The quantitative estimate of drug-likeness (QED) is 0.576. The Bertz CT molecular complexity index is 1210. The molecule has 1 aromatic heterocycles. The standard InChI is InChI=1S/C23H19ClN4O/c1-22(2)16-8-3-4-9-18(16)28(12-6-10-25)23(22)14-27-20-17(24)13-15-7-5-11-26-19(15)21(20)29-23/h3-5,7-9,11,13-14H,6,12H2,1-2H3. The van der Waals surface area contributed by atoms with Gasteiger partial charge in [-0.3, -0.25) is 4.98 Å². The number of fused-ring (bicyclic) bond motifs is 4. The average Bonchev–Trinajstić information content (AvgIpc) is 2.90. The van der Waals surface area contributed by atoms with Gasteiger partial charge in [-0.05, 0) is 37.6 Å². The normalized spacial score (nSPS) is 21.0. The Kier molecular flexibility index (Phi) is 3.84. The number of ether oxygens (including phenoxy) is 1. The Labute approximate surface area is 174 Å². The van der Waals surface area contributed by atoms with Crippen molar-refractivity contribution in [2.75, 3.05) is 11.4 Å². The fourth-order valence-electron chi connectivity index (χ4n) is 4.51. The lowest BCUT2D eigenvalue weighted by atomic mass is 9.77. The van der Waals surface area contributed by atoms with Gasteiger partial charge in [0.25, 0.3) is 0 Å².